The third-order valence-electron chi connectivity index (χ3n) is 23.3. The van der Waals surface area contributed by atoms with Crippen LogP contribution in [0.15, 0.2) is 243 Å². The van der Waals surface area contributed by atoms with E-state index in [0.29, 0.717) is 29.9 Å². The average Bonchev–Trinajstić information content (AvgIpc) is 0.748. The van der Waals surface area contributed by atoms with Crippen molar-refractivity contribution in [2.24, 2.45) is 0 Å². The number of nitrogens with one attached hydrogen (secondary N) is 8. The number of unbranched alkanes of at least 4 members (excludes halogenated alkanes) is 12. The summed E-state index contributed by atoms with van der Waals surface area (Å²) in [6, 6.07) is 86.3. The molecular weight excluding hydrogens is 1450 g/mol. The van der Waals surface area contributed by atoms with E-state index in [1.807, 2.05) is 24.3 Å². The molecule has 0 heterocycles. The quantitative estimate of drug-likeness (QED) is 0.0112. The van der Waals surface area contributed by atoms with Crippen molar-refractivity contribution in [1.82, 2.24) is 10.6 Å². The number of carbonyl (C=O) groups excluding carboxylic acids is 4. The maximum absolute atomic E-state index is 13.1. The molecule has 0 saturated carbocycles. The molecule has 14 rings (SSSR count). The first-order valence-electron chi connectivity index (χ1n) is 43.2. The summed E-state index contributed by atoms with van der Waals surface area (Å²) >= 11 is 0. The number of hydrogen-bond acceptors (Lipinski definition) is 8. The lowest BCUT2D eigenvalue weighted by Gasteiger charge is -2.21. The topological polar surface area (TPSA) is 165 Å². The largest absolute Gasteiger partial charge is 0.355 e. The van der Waals surface area contributed by atoms with E-state index in [2.05, 4.69) is 302 Å². The van der Waals surface area contributed by atoms with Gasteiger partial charge in [0, 0.05) is 72.0 Å². The minimum absolute atomic E-state index is 0. The number of carbonyl (C=O) groups is 4. The van der Waals surface area contributed by atoms with Crippen LogP contribution in [0.4, 0.5) is 56.9 Å². The second-order valence-corrected chi connectivity index (χ2v) is 31.7. The van der Waals surface area contributed by atoms with Gasteiger partial charge in [-0.05, 0) is 215 Å². The van der Waals surface area contributed by atoms with Crippen LogP contribution in [-0.4, -0.2) is 37.7 Å². The van der Waals surface area contributed by atoms with Gasteiger partial charge in [0.1, 0.15) is 0 Å². The summed E-state index contributed by atoms with van der Waals surface area (Å²) in [4.78, 5) is 50.5. The third kappa shape index (κ3) is 20.4. The molecule has 0 radical (unpaired) electrons. The molecule has 4 amide bonds. The predicted octanol–water partition coefficient (Wildman–Crippen LogP) is 27.4. The fourth-order valence-corrected chi connectivity index (χ4v) is 16.8. The van der Waals surface area contributed by atoms with Gasteiger partial charge in [-0.25, -0.2) is 0 Å². The second-order valence-electron chi connectivity index (χ2n) is 31.7. The van der Waals surface area contributed by atoms with Crippen LogP contribution in [0.1, 0.15) is 189 Å². The maximum atomic E-state index is 13.1. The lowest BCUT2D eigenvalue weighted by Crippen LogP contribution is -2.32. The number of aryl methyl sites for hydroxylation is 6. The molecule has 0 saturated heterocycles. The van der Waals surface area contributed by atoms with Crippen molar-refractivity contribution >= 4 is 145 Å². The van der Waals surface area contributed by atoms with Gasteiger partial charge in [0.15, 0.2) is 0 Å². The van der Waals surface area contributed by atoms with E-state index in [4.69, 9.17) is 0 Å². The first-order chi connectivity index (χ1) is 57.8. The number of fused-ring (bicyclic) bond motifs is 6. The minimum Gasteiger partial charge on any atom is -0.355 e. The Balaban J connectivity index is 0.000000233. The van der Waals surface area contributed by atoms with Crippen LogP contribution in [0.25, 0.3) is 64.6 Å². The minimum atomic E-state index is -0.718. The van der Waals surface area contributed by atoms with Gasteiger partial charge in [-0.3, -0.25) is 19.2 Å². The Morgan fingerprint density at radius 1 is 0.254 bits per heavy atom. The van der Waals surface area contributed by atoms with Crippen molar-refractivity contribution < 1.29 is 22.0 Å². The zero-order chi connectivity index (χ0) is 82.3. The van der Waals surface area contributed by atoms with Crippen LogP contribution in [0.3, 0.4) is 0 Å². The van der Waals surface area contributed by atoms with Gasteiger partial charge in [0.25, 0.3) is 0 Å². The molecule has 0 aromatic heterocycles. The zero-order valence-corrected chi connectivity index (χ0v) is 70.3. The van der Waals surface area contributed by atoms with E-state index < -0.39 is 23.6 Å². The summed E-state index contributed by atoms with van der Waals surface area (Å²) in [6.45, 7) is 13.3. The summed E-state index contributed by atoms with van der Waals surface area (Å²) in [5, 5.41) is 40.5. The molecule has 8 N–H and O–H groups in total. The standard InChI is InChI=1S/C57H60N4O2.C49H56N4O2.2H2/c1-5-7-9-11-21-41-43-23-13-17-27-47(43)54(48-28-18-14-24-44(41)48)59-52-36-39(32-31-38(52)3)35-40-33-34-51(61-57(63)56(62)58-4)53(37-40)60-55-49-29-19-15-25-45(49)42(22-12-10-8-6-2)46-26-16-20-30-50(46)55;1-5-7-9-11-17-37-26-29-43(41-21-15-13-19-39(37)41)51-46-32-35(24-23-34(46)3)31-36-25-28-45(53-49(55)48(54)50-4)47(33-36)52-44-30-27-38(18-12-10-8-6-2)40-20-14-16-22-42(40)44;;/h13-20,23-34,36-37,59-60H,5-12,21-22,35H2,1-4H3,(H,58,62)(H,61,63);13-16,19-30,32-33,51-52H,5-12,17-18,31H2,1-4H3,(H,50,54)(H,53,55);2*1H. The Hall–Kier alpha value is -12.3. The van der Waals surface area contributed by atoms with Crippen LogP contribution >= 0.6 is 0 Å². The molecule has 0 aliphatic rings. The molecule has 12 heteroatoms. The first kappa shape index (κ1) is 83.7. The van der Waals surface area contributed by atoms with Crippen molar-refractivity contribution in [1.29, 1.82) is 0 Å². The highest BCUT2D eigenvalue weighted by atomic mass is 16.2. The lowest BCUT2D eigenvalue weighted by molar-refractivity contribution is -0.135. The number of hydrogen-bond donors (Lipinski definition) is 8. The Labute approximate surface area is 700 Å². The average molecular weight is 1570 g/mol. The van der Waals surface area contributed by atoms with Gasteiger partial charge in [-0.1, -0.05) is 299 Å². The van der Waals surface area contributed by atoms with Crippen LogP contribution in [0, 0.1) is 13.8 Å². The van der Waals surface area contributed by atoms with E-state index in [1.54, 1.807) is 0 Å². The first-order valence-corrected chi connectivity index (χ1v) is 43.2. The van der Waals surface area contributed by atoms with E-state index >= 15 is 0 Å². The van der Waals surface area contributed by atoms with Gasteiger partial charge in [0.05, 0.1) is 34.1 Å². The molecule has 608 valence electrons. The molecule has 12 nitrogen and oxygen atoms in total. The van der Waals surface area contributed by atoms with Crippen LogP contribution in [0.2, 0.25) is 0 Å². The number of benzene rings is 14. The predicted molar refractivity (Wildman–Crippen MR) is 506 cm³/mol. The van der Waals surface area contributed by atoms with Crippen molar-refractivity contribution in [2.75, 3.05) is 46.0 Å². The third-order valence-corrected chi connectivity index (χ3v) is 23.3. The van der Waals surface area contributed by atoms with Gasteiger partial charge in [-0.15, -0.1) is 0 Å². The van der Waals surface area contributed by atoms with E-state index in [0.717, 1.165) is 116 Å². The fourth-order valence-electron chi connectivity index (χ4n) is 16.8. The number of rotatable bonds is 34. The lowest BCUT2D eigenvalue weighted by atomic mass is 9.91. The monoisotopic (exact) mass is 1570 g/mol. The van der Waals surface area contributed by atoms with Gasteiger partial charge >= 0.3 is 23.6 Å². The molecule has 118 heavy (non-hydrogen) atoms. The molecular formula is C106H120N8O4. The normalized spacial score (nSPS) is 11.3. The highest BCUT2D eigenvalue weighted by molar-refractivity contribution is 6.40. The van der Waals surface area contributed by atoms with Crippen molar-refractivity contribution in [2.45, 2.75) is 183 Å². The summed E-state index contributed by atoms with van der Waals surface area (Å²) in [5.74, 6) is -2.82. The van der Waals surface area contributed by atoms with Crippen LogP contribution < -0.4 is 42.5 Å². The highest BCUT2D eigenvalue weighted by Crippen LogP contribution is 2.44. The van der Waals surface area contributed by atoms with Crippen molar-refractivity contribution in [3.8, 4) is 0 Å². The van der Waals surface area contributed by atoms with Crippen molar-refractivity contribution in [3.63, 3.8) is 0 Å². The highest BCUT2D eigenvalue weighted by Gasteiger charge is 2.22. The SMILES string of the molecule is CCCCCCc1c2ccccc2c(Nc2cc(Cc3ccc(NC(=O)C(=O)NC)c(Nc4c5ccccc5c(CCCCCC)c5ccccc45)c3)ccc2C)c2ccccc12.CCCCCCc1ccc(Nc2cc(Cc3ccc(NC(=O)C(=O)NC)c(Nc4ccc(CCCCCC)c5ccccc45)c3)ccc2C)c2ccccc12.[HH].[HH]. The van der Waals surface area contributed by atoms with E-state index in [-0.39, 0.29) is 2.85 Å². The molecule has 0 fully saturated rings. The van der Waals surface area contributed by atoms with Crippen molar-refractivity contribution in [3.05, 3.63) is 298 Å². The molecule has 0 atom stereocenters. The molecule has 14 aromatic rings. The number of likely N-dealkylation sites (N-methyl/N-ethyl adjacent to an activating group) is 2. The van der Waals surface area contributed by atoms with Crippen LogP contribution in [0.5, 0.6) is 0 Å². The smallest absolute Gasteiger partial charge is 0.313 e. The van der Waals surface area contributed by atoms with E-state index in [1.165, 1.54) is 187 Å². The van der Waals surface area contributed by atoms with Gasteiger partial charge < -0.3 is 42.5 Å². The molecule has 0 aliphatic carbocycles. The van der Waals surface area contributed by atoms with Gasteiger partial charge in [-0.2, -0.15) is 0 Å². The van der Waals surface area contributed by atoms with Gasteiger partial charge in [0.2, 0.25) is 0 Å². The molecule has 0 bridgehead atoms. The summed E-state index contributed by atoms with van der Waals surface area (Å²) in [5.41, 5.74) is 21.2. The number of amides is 4. The zero-order valence-electron chi connectivity index (χ0n) is 70.3. The summed E-state index contributed by atoms with van der Waals surface area (Å²) in [7, 11) is 2.92. The van der Waals surface area contributed by atoms with E-state index in [9.17, 15) is 19.2 Å². The fraction of sp³-hybridized carbons (Fsp3) is 0.283. The molecule has 0 aliphatic heterocycles. The van der Waals surface area contributed by atoms with Crippen LogP contribution in [-0.2, 0) is 57.7 Å². The Morgan fingerprint density at radius 2 is 0.534 bits per heavy atom. The summed E-state index contributed by atoms with van der Waals surface area (Å²) < 4.78 is 0. The second kappa shape index (κ2) is 41.0. The summed E-state index contributed by atoms with van der Waals surface area (Å²) in [6.07, 6.45) is 25.1. The Bertz CT molecular complexity index is 5800. The Kier molecular flexibility index (Phi) is 29.1. The molecule has 0 spiro atoms. The molecule has 0 unspecified atom stereocenters. The number of anilines is 10. The maximum Gasteiger partial charge on any atom is 0.313 e. The molecule has 14 aromatic carbocycles. The Morgan fingerprint density at radius 3 is 0.890 bits per heavy atom.